The molecule has 0 radical (unpaired) electrons. The van der Waals surface area contributed by atoms with E-state index in [2.05, 4.69) is 25.9 Å². The van der Waals surface area contributed by atoms with Crippen LogP contribution in [0.1, 0.15) is 35.3 Å². The van der Waals surface area contributed by atoms with Gasteiger partial charge in [-0.2, -0.15) is 0 Å². The molecule has 0 saturated heterocycles. The van der Waals surface area contributed by atoms with Gasteiger partial charge in [-0.3, -0.25) is 4.79 Å². The van der Waals surface area contributed by atoms with Crippen LogP contribution >= 0.6 is 0 Å². The summed E-state index contributed by atoms with van der Waals surface area (Å²) in [5.41, 5.74) is 2.80. The minimum Gasteiger partial charge on any atom is -0.478 e. The monoisotopic (exact) mass is 383 g/mol. The highest BCUT2D eigenvalue weighted by atomic mass is 16.5. The van der Waals surface area contributed by atoms with Gasteiger partial charge in [0.25, 0.3) is 5.91 Å². The van der Waals surface area contributed by atoms with Crippen molar-refractivity contribution >= 4 is 11.9 Å². The van der Waals surface area contributed by atoms with Gasteiger partial charge in [0.2, 0.25) is 5.88 Å². The number of aromatic nitrogens is 1. The molecule has 0 spiro atoms. The van der Waals surface area contributed by atoms with Crippen LogP contribution in [0.3, 0.4) is 0 Å². The van der Waals surface area contributed by atoms with E-state index in [1.54, 1.807) is 13.2 Å². The molecular formula is C21H29N5O2. The number of pyridine rings is 1. The molecule has 0 saturated carbocycles. The zero-order valence-electron chi connectivity index (χ0n) is 16.8. The van der Waals surface area contributed by atoms with E-state index < -0.39 is 0 Å². The number of rotatable bonds is 9. The second-order valence-electron chi connectivity index (χ2n) is 6.09. The van der Waals surface area contributed by atoms with Crippen LogP contribution in [0.15, 0.2) is 47.6 Å². The van der Waals surface area contributed by atoms with Crippen LogP contribution in [0, 0.1) is 0 Å². The first-order valence-electron chi connectivity index (χ1n) is 9.57. The number of carbonyl (C=O) groups is 1. The highest BCUT2D eigenvalue weighted by Crippen LogP contribution is 2.10. The van der Waals surface area contributed by atoms with Gasteiger partial charge in [-0.25, -0.2) is 9.98 Å². The van der Waals surface area contributed by atoms with Gasteiger partial charge in [-0.15, -0.1) is 0 Å². The van der Waals surface area contributed by atoms with Crippen LogP contribution in [0.5, 0.6) is 5.88 Å². The minimum atomic E-state index is -0.0755. The second-order valence-corrected chi connectivity index (χ2v) is 6.09. The van der Waals surface area contributed by atoms with E-state index in [0.717, 1.165) is 30.1 Å². The number of hydrogen-bond donors (Lipinski definition) is 3. The number of nitrogens with zero attached hydrogens (tertiary/aromatic N) is 2. The molecule has 0 aliphatic rings. The Morgan fingerprint density at radius 1 is 1.14 bits per heavy atom. The summed E-state index contributed by atoms with van der Waals surface area (Å²) in [6.45, 7) is 6.57. The number of nitrogens with one attached hydrogen (secondary N) is 3. The van der Waals surface area contributed by atoms with E-state index in [4.69, 9.17) is 4.74 Å². The minimum absolute atomic E-state index is 0.0755. The fourth-order valence-electron chi connectivity index (χ4n) is 2.63. The van der Waals surface area contributed by atoms with Crippen LogP contribution in [-0.4, -0.2) is 43.6 Å². The van der Waals surface area contributed by atoms with Gasteiger partial charge in [0.05, 0.1) is 13.2 Å². The van der Waals surface area contributed by atoms with Crippen molar-refractivity contribution in [2.75, 3.05) is 26.7 Å². The van der Waals surface area contributed by atoms with Crippen molar-refractivity contribution in [1.82, 2.24) is 20.9 Å². The molecule has 2 rings (SSSR count). The highest BCUT2D eigenvalue weighted by Gasteiger charge is 2.04. The maximum Gasteiger partial charge on any atom is 0.251 e. The standard InChI is InChI=1S/C21H29N5O2/c1-4-23-21(26-15-17-10-11-24-19(14-17)28-5-2)25-12-9-16-7-6-8-18(13-16)20(27)22-3/h6-8,10-11,13-14H,4-5,9,12,15H2,1-3H3,(H,22,27)(H2,23,25,26). The van der Waals surface area contributed by atoms with Gasteiger partial charge in [0.15, 0.2) is 5.96 Å². The highest BCUT2D eigenvalue weighted by molar-refractivity contribution is 5.94. The van der Waals surface area contributed by atoms with Crippen LogP contribution in [0.2, 0.25) is 0 Å². The molecule has 1 aromatic carbocycles. The first kappa shape index (κ1) is 21.2. The number of aliphatic imine (C=N–C) groups is 1. The number of amides is 1. The summed E-state index contributed by atoms with van der Waals surface area (Å²) in [5.74, 6) is 1.29. The molecule has 2 aromatic rings. The molecule has 0 atom stereocenters. The lowest BCUT2D eigenvalue weighted by molar-refractivity contribution is 0.0963. The average Bonchev–Trinajstić information content (AvgIpc) is 2.72. The lowest BCUT2D eigenvalue weighted by Crippen LogP contribution is -2.38. The molecule has 3 N–H and O–H groups in total. The smallest absolute Gasteiger partial charge is 0.251 e. The second kappa shape index (κ2) is 11.6. The Morgan fingerprint density at radius 3 is 2.75 bits per heavy atom. The number of guanidine groups is 1. The lowest BCUT2D eigenvalue weighted by Gasteiger charge is -2.12. The Hall–Kier alpha value is -3.09. The predicted molar refractivity (Wildman–Crippen MR) is 112 cm³/mol. The molecule has 1 aromatic heterocycles. The van der Waals surface area contributed by atoms with Crippen molar-refractivity contribution in [1.29, 1.82) is 0 Å². The lowest BCUT2D eigenvalue weighted by atomic mass is 10.1. The van der Waals surface area contributed by atoms with Gasteiger partial charge >= 0.3 is 0 Å². The van der Waals surface area contributed by atoms with Crippen molar-refractivity contribution < 1.29 is 9.53 Å². The number of hydrogen-bond acceptors (Lipinski definition) is 4. The van der Waals surface area contributed by atoms with Crippen molar-refractivity contribution in [2.45, 2.75) is 26.8 Å². The van der Waals surface area contributed by atoms with E-state index in [9.17, 15) is 4.79 Å². The fraction of sp³-hybridized carbons (Fsp3) is 0.381. The summed E-state index contributed by atoms with van der Waals surface area (Å²) in [4.78, 5) is 20.5. The molecule has 28 heavy (non-hydrogen) atoms. The van der Waals surface area contributed by atoms with Gasteiger partial charge in [0, 0.05) is 38.0 Å². The van der Waals surface area contributed by atoms with Crippen molar-refractivity contribution in [3.8, 4) is 5.88 Å². The van der Waals surface area contributed by atoms with E-state index in [1.807, 2.05) is 50.2 Å². The fourth-order valence-corrected chi connectivity index (χ4v) is 2.63. The van der Waals surface area contributed by atoms with Crippen LogP contribution in [0.4, 0.5) is 0 Å². The van der Waals surface area contributed by atoms with Crippen molar-refractivity contribution in [2.24, 2.45) is 4.99 Å². The SMILES string of the molecule is CCNC(=NCc1ccnc(OCC)c1)NCCc1cccc(C(=O)NC)c1. The van der Waals surface area contributed by atoms with E-state index in [-0.39, 0.29) is 5.91 Å². The van der Waals surface area contributed by atoms with Crippen LogP contribution in [0.25, 0.3) is 0 Å². The third-order valence-electron chi connectivity index (χ3n) is 3.98. The molecule has 0 fully saturated rings. The van der Waals surface area contributed by atoms with Gasteiger partial charge in [-0.1, -0.05) is 12.1 Å². The molecule has 1 amide bonds. The van der Waals surface area contributed by atoms with Crippen LogP contribution < -0.4 is 20.7 Å². The Bertz CT molecular complexity index is 792. The zero-order chi connectivity index (χ0) is 20.2. The summed E-state index contributed by atoms with van der Waals surface area (Å²) in [5, 5.41) is 9.23. The summed E-state index contributed by atoms with van der Waals surface area (Å²) in [6, 6.07) is 11.5. The quantitative estimate of drug-likeness (QED) is 0.456. The van der Waals surface area contributed by atoms with E-state index in [1.165, 1.54) is 0 Å². The third kappa shape index (κ3) is 6.90. The van der Waals surface area contributed by atoms with Crippen LogP contribution in [-0.2, 0) is 13.0 Å². The van der Waals surface area contributed by atoms with E-state index >= 15 is 0 Å². The molecular weight excluding hydrogens is 354 g/mol. The molecule has 0 aliphatic carbocycles. The maximum absolute atomic E-state index is 11.7. The topological polar surface area (TPSA) is 87.6 Å². The third-order valence-corrected chi connectivity index (χ3v) is 3.98. The molecule has 0 bridgehead atoms. The van der Waals surface area contributed by atoms with Gasteiger partial charge in [0.1, 0.15) is 0 Å². The first-order chi connectivity index (χ1) is 13.7. The van der Waals surface area contributed by atoms with Crippen molar-refractivity contribution in [3.05, 3.63) is 59.3 Å². The maximum atomic E-state index is 11.7. The molecule has 0 aliphatic heterocycles. The first-order valence-corrected chi connectivity index (χ1v) is 9.57. The van der Waals surface area contributed by atoms with E-state index in [0.29, 0.717) is 31.1 Å². The Morgan fingerprint density at radius 2 is 2.00 bits per heavy atom. The molecule has 7 nitrogen and oxygen atoms in total. The number of ether oxygens (including phenoxy) is 1. The molecule has 1 heterocycles. The summed E-state index contributed by atoms with van der Waals surface area (Å²) in [7, 11) is 1.63. The number of carbonyl (C=O) groups excluding carboxylic acids is 1. The average molecular weight is 383 g/mol. The van der Waals surface area contributed by atoms with Gasteiger partial charge in [-0.05, 0) is 49.6 Å². The molecule has 150 valence electrons. The Labute approximate surface area is 166 Å². The summed E-state index contributed by atoms with van der Waals surface area (Å²) >= 11 is 0. The summed E-state index contributed by atoms with van der Waals surface area (Å²) < 4.78 is 5.43. The predicted octanol–water partition coefficient (Wildman–Crippen LogP) is 2.14. The van der Waals surface area contributed by atoms with Gasteiger partial charge < -0.3 is 20.7 Å². The Balaban J connectivity index is 1.93. The largest absolute Gasteiger partial charge is 0.478 e. The Kier molecular flexibility index (Phi) is 8.78. The van der Waals surface area contributed by atoms with Crippen molar-refractivity contribution in [3.63, 3.8) is 0 Å². The summed E-state index contributed by atoms with van der Waals surface area (Å²) in [6.07, 6.45) is 2.52. The zero-order valence-corrected chi connectivity index (χ0v) is 16.8. The normalized spacial score (nSPS) is 11.0. The number of benzene rings is 1. The molecule has 0 unspecified atom stereocenters. The molecule has 7 heteroatoms.